The summed E-state index contributed by atoms with van der Waals surface area (Å²) in [5.41, 5.74) is 0.00426. The third-order valence-electron chi connectivity index (χ3n) is 6.02. The van der Waals surface area contributed by atoms with E-state index in [-0.39, 0.29) is 5.54 Å². The maximum absolute atomic E-state index is 9.76. The van der Waals surface area contributed by atoms with Crippen LogP contribution < -0.4 is 5.32 Å². The lowest BCUT2D eigenvalue weighted by atomic mass is 9.85. The molecule has 0 aromatic carbocycles. The number of aliphatic hydroxyl groups excluding tert-OH is 1. The van der Waals surface area contributed by atoms with E-state index >= 15 is 0 Å². The Bertz CT molecular complexity index is 270. The number of likely N-dealkylation sites (N-methyl/N-ethyl adjacent to an activating group) is 1. The summed E-state index contributed by atoms with van der Waals surface area (Å²) in [6, 6.07) is 0.803. The maximum atomic E-state index is 9.76. The van der Waals surface area contributed by atoms with Gasteiger partial charge in [0, 0.05) is 11.6 Å². The smallest absolute Gasteiger partial charge is 0.0615 e. The number of nitrogens with one attached hydrogen (secondary N) is 1. The Morgan fingerprint density at radius 3 is 2.40 bits per heavy atom. The minimum Gasteiger partial charge on any atom is -0.394 e. The van der Waals surface area contributed by atoms with Crippen molar-refractivity contribution >= 4 is 0 Å². The van der Waals surface area contributed by atoms with Gasteiger partial charge in [0.05, 0.1) is 6.61 Å². The van der Waals surface area contributed by atoms with Crippen molar-refractivity contribution in [2.24, 2.45) is 5.92 Å². The minimum atomic E-state index is 0.00426. The Hall–Kier alpha value is -0.120. The lowest BCUT2D eigenvalue weighted by molar-refractivity contribution is 0.114. The van der Waals surface area contributed by atoms with Crippen LogP contribution in [0.2, 0.25) is 0 Å². The fourth-order valence-corrected chi connectivity index (χ4v) is 4.42. The normalized spacial score (nSPS) is 32.7. The largest absolute Gasteiger partial charge is 0.394 e. The maximum Gasteiger partial charge on any atom is 0.0615 e. The fraction of sp³-hybridized carbons (Fsp3) is 1.00. The van der Waals surface area contributed by atoms with E-state index in [4.69, 9.17) is 0 Å². The number of hydrogen-bond acceptors (Lipinski definition) is 3. The van der Waals surface area contributed by atoms with E-state index in [0.717, 1.165) is 12.5 Å². The van der Waals surface area contributed by atoms with Gasteiger partial charge in [0.2, 0.25) is 0 Å². The average molecular weight is 282 g/mol. The van der Waals surface area contributed by atoms with Gasteiger partial charge in [0.15, 0.2) is 0 Å². The summed E-state index contributed by atoms with van der Waals surface area (Å²) < 4.78 is 0. The zero-order valence-corrected chi connectivity index (χ0v) is 13.5. The van der Waals surface area contributed by atoms with Gasteiger partial charge in [-0.05, 0) is 58.7 Å². The van der Waals surface area contributed by atoms with Gasteiger partial charge in [-0.3, -0.25) is 0 Å². The fourth-order valence-electron chi connectivity index (χ4n) is 4.42. The number of nitrogens with zero attached hydrogens (tertiary/aromatic N) is 1. The summed E-state index contributed by atoms with van der Waals surface area (Å²) in [6.45, 7) is 1.49. The highest BCUT2D eigenvalue weighted by atomic mass is 16.3. The molecule has 3 nitrogen and oxygen atoms in total. The van der Waals surface area contributed by atoms with E-state index < -0.39 is 0 Å². The van der Waals surface area contributed by atoms with Gasteiger partial charge in [-0.1, -0.05) is 32.1 Å². The third kappa shape index (κ3) is 3.75. The molecular formula is C17H34N2O. The minimum absolute atomic E-state index is 0.00426. The molecule has 20 heavy (non-hydrogen) atoms. The Labute approximate surface area is 125 Å². The van der Waals surface area contributed by atoms with Crippen LogP contribution in [-0.4, -0.2) is 48.8 Å². The highest BCUT2D eigenvalue weighted by Crippen LogP contribution is 2.37. The molecule has 0 saturated heterocycles. The van der Waals surface area contributed by atoms with Gasteiger partial charge in [-0.25, -0.2) is 0 Å². The van der Waals surface area contributed by atoms with Crippen LogP contribution in [0.3, 0.4) is 0 Å². The molecule has 0 aromatic rings. The highest BCUT2D eigenvalue weighted by molar-refractivity contribution is 4.98. The zero-order chi connectivity index (χ0) is 14.4. The molecule has 2 aliphatic rings. The summed E-state index contributed by atoms with van der Waals surface area (Å²) in [7, 11) is 4.33. The molecular weight excluding hydrogens is 248 g/mol. The third-order valence-corrected chi connectivity index (χ3v) is 6.02. The standard InChI is InChI=1S/C17H34N2O/c1-18-17(14-20)12-7-8-15(17)11-13-19(2)16-9-5-3-4-6-10-16/h15-16,18,20H,3-14H2,1-2H3. The van der Waals surface area contributed by atoms with Crippen LogP contribution in [0.4, 0.5) is 0 Å². The second-order valence-corrected chi connectivity index (χ2v) is 7.07. The first-order chi connectivity index (χ1) is 9.72. The predicted molar refractivity (Wildman–Crippen MR) is 85.0 cm³/mol. The number of rotatable bonds is 6. The van der Waals surface area contributed by atoms with Crippen molar-refractivity contribution < 1.29 is 5.11 Å². The topological polar surface area (TPSA) is 35.5 Å². The van der Waals surface area contributed by atoms with E-state index in [1.807, 2.05) is 7.05 Å². The van der Waals surface area contributed by atoms with Gasteiger partial charge in [-0.15, -0.1) is 0 Å². The van der Waals surface area contributed by atoms with Crippen molar-refractivity contribution in [3.63, 3.8) is 0 Å². The highest BCUT2D eigenvalue weighted by Gasteiger charge is 2.40. The van der Waals surface area contributed by atoms with Crippen LogP contribution in [-0.2, 0) is 0 Å². The molecule has 2 rings (SSSR count). The molecule has 0 amide bonds. The molecule has 0 aromatic heterocycles. The van der Waals surface area contributed by atoms with Crippen molar-refractivity contribution in [2.45, 2.75) is 75.8 Å². The lowest BCUT2D eigenvalue weighted by Crippen LogP contribution is -2.50. The van der Waals surface area contributed by atoms with Crippen molar-refractivity contribution in [1.29, 1.82) is 0 Å². The van der Waals surface area contributed by atoms with Crippen LogP contribution in [0.15, 0.2) is 0 Å². The van der Waals surface area contributed by atoms with Crippen LogP contribution in [0.25, 0.3) is 0 Å². The Balaban J connectivity index is 1.81. The molecule has 0 aliphatic heterocycles. The molecule has 2 aliphatic carbocycles. The van der Waals surface area contributed by atoms with Crippen molar-refractivity contribution in [1.82, 2.24) is 10.2 Å². The zero-order valence-electron chi connectivity index (χ0n) is 13.5. The molecule has 0 bridgehead atoms. The second kappa shape index (κ2) is 7.77. The molecule has 2 atom stereocenters. The van der Waals surface area contributed by atoms with Crippen molar-refractivity contribution in [2.75, 3.05) is 27.2 Å². The van der Waals surface area contributed by atoms with Gasteiger partial charge < -0.3 is 15.3 Å². The Morgan fingerprint density at radius 2 is 1.80 bits per heavy atom. The Morgan fingerprint density at radius 1 is 1.10 bits per heavy atom. The summed E-state index contributed by atoms with van der Waals surface area (Å²) in [5, 5.41) is 13.2. The van der Waals surface area contributed by atoms with Gasteiger partial charge in [0.25, 0.3) is 0 Å². The van der Waals surface area contributed by atoms with Crippen LogP contribution in [0, 0.1) is 5.92 Å². The SMILES string of the molecule is CNC1(CO)CCCC1CCN(C)C1CCCCCC1. The second-order valence-electron chi connectivity index (χ2n) is 7.07. The molecule has 0 spiro atoms. The lowest BCUT2D eigenvalue weighted by Gasteiger charge is -2.35. The first kappa shape index (κ1) is 16.3. The molecule has 2 unspecified atom stereocenters. The monoisotopic (exact) mass is 282 g/mol. The molecule has 2 N–H and O–H groups in total. The van der Waals surface area contributed by atoms with Gasteiger partial charge in [0.1, 0.15) is 0 Å². The Kier molecular flexibility index (Phi) is 6.31. The number of aliphatic hydroxyl groups is 1. The molecule has 0 heterocycles. The summed E-state index contributed by atoms with van der Waals surface area (Å²) in [6.07, 6.45) is 13.4. The number of hydrogen-bond donors (Lipinski definition) is 2. The van der Waals surface area contributed by atoms with Crippen molar-refractivity contribution in [3.8, 4) is 0 Å². The van der Waals surface area contributed by atoms with Gasteiger partial charge in [-0.2, -0.15) is 0 Å². The van der Waals surface area contributed by atoms with Crippen LogP contribution >= 0.6 is 0 Å². The quantitative estimate of drug-likeness (QED) is 0.735. The molecule has 2 fully saturated rings. The summed E-state index contributed by atoms with van der Waals surface area (Å²) in [4.78, 5) is 2.60. The first-order valence-electron chi connectivity index (χ1n) is 8.72. The van der Waals surface area contributed by atoms with E-state index in [1.165, 1.54) is 64.3 Å². The summed E-state index contributed by atoms with van der Waals surface area (Å²) in [5.74, 6) is 0.644. The van der Waals surface area contributed by atoms with Crippen LogP contribution in [0.1, 0.15) is 64.2 Å². The molecule has 2 saturated carbocycles. The molecule has 0 radical (unpaired) electrons. The van der Waals surface area contributed by atoms with Crippen LogP contribution in [0.5, 0.6) is 0 Å². The summed E-state index contributed by atoms with van der Waals surface area (Å²) >= 11 is 0. The molecule has 118 valence electrons. The first-order valence-corrected chi connectivity index (χ1v) is 8.72. The molecule has 3 heteroatoms. The van der Waals surface area contributed by atoms with Gasteiger partial charge >= 0.3 is 0 Å². The van der Waals surface area contributed by atoms with E-state index in [2.05, 4.69) is 17.3 Å². The van der Waals surface area contributed by atoms with E-state index in [1.54, 1.807) is 0 Å². The van der Waals surface area contributed by atoms with E-state index in [9.17, 15) is 5.11 Å². The van der Waals surface area contributed by atoms with Crippen molar-refractivity contribution in [3.05, 3.63) is 0 Å². The van der Waals surface area contributed by atoms with E-state index in [0.29, 0.717) is 12.5 Å². The average Bonchev–Trinajstić information content (AvgIpc) is 2.69. The predicted octanol–water partition coefficient (Wildman–Crippen LogP) is 2.78.